The number of aromatic carboxylic acids is 1. The lowest BCUT2D eigenvalue weighted by Gasteiger charge is -2.14. The summed E-state index contributed by atoms with van der Waals surface area (Å²) < 4.78 is 0. The van der Waals surface area contributed by atoms with Crippen LogP contribution >= 0.6 is 22.9 Å². The topological polar surface area (TPSA) is 75.1 Å². The molecule has 0 aliphatic heterocycles. The molecular weight excluding hydrogens is 298 g/mol. The van der Waals surface area contributed by atoms with Gasteiger partial charge < -0.3 is 10.4 Å². The van der Waals surface area contributed by atoms with E-state index in [0.29, 0.717) is 5.82 Å². The average molecular weight is 312 g/mol. The lowest BCUT2D eigenvalue weighted by atomic mass is 10.2. The number of pyridine rings is 1. The van der Waals surface area contributed by atoms with Gasteiger partial charge in [0.15, 0.2) is 5.69 Å². The van der Waals surface area contributed by atoms with Gasteiger partial charge >= 0.3 is 5.97 Å². The molecule has 0 saturated heterocycles. The summed E-state index contributed by atoms with van der Waals surface area (Å²) in [5, 5.41) is 13.3. The molecule has 2 N–H and O–H groups in total. The van der Waals surface area contributed by atoms with E-state index in [9.17, 15) is 4.79 Å². The molecule has 0 spiro atoms. The molecule has 7 heteroatoms. The molecule has 1 atom stereocenters. The predicted octanol–water partition coefficient (Wildman–Crippen LogP) is 3.68. The maximum Gasteiger partial charge on any atom is 0.356 e. The van der Waals surface area contributed by atoms with Crippen molar-refractivity contribution >= 4 is 34.7 Å². The lowest BCUT2D eigenvalue weighted by molar-refractivity contribution is 0.0691. The van der Waals surface area contributed by atoms with Gasteiger partial charge in [-0.2, -0.15) is 0 Å². The zero-order valence-corrected chi connectivity index (χ0v) is 12.8. The fourth-order valence-corrected chi connectivity index (χ4v) is 3.02. The standard InChI is InChI=1S/C13H14ClN3O2S/c1-6-12(20-8(3)15-6)7(2)16-10-5-4-9(14)11(17-10)13(18)19/h4-5,7H,1-3H3,(H,16,17)(H,18,19). The second kappa shape index (κ2) is 5.76. The third-order valence-electron chi connectivity index (χ3n) is 2.75. The van der Waals surface area contributed by atoms with E-state index in [1.165, 1.54) is 6.07 Å². The number of halogens is 1. The van der Waals surface area contributed by atoms with E-state index in [1.54, 1.807) is 17.4 Å². The fraction of sp³-hybridized carbons (Fsp3) is 0.308. The van der Waals surface area contributed by atoms with E-state index in [2.05, 4.69) is 15.3 Å². The first-order valence-corrected chi connectivity index (χ1v) is 7.18. The molecule has 0 amide bonds. The van der Waals surface area contributed by atoms with E-state index < -0.39 is 5.97 Å². The first-order valence-electron chi connectivity index (χ1n) is 5.98. The van der Waals surface area contributed by atoms with E-state index >= 15 is 0 Å². The minimum absolute atomic E-state index is 0.00322. The molecule has 2 heterocycles. The van der Waals surface area contributed by atoms with Gasteiger partial charge in [-0.3, -0.25) is 0 Å². The second-order valence-electron chi connectivity index (χ2n) is 4.38. The van der Waals surface area contributed by atoms with Crippen molar-refractivity contribution in [2.24, 2.45) is 0 Å². The van der Waals surface area contributed by atoms with Crippen molar-refractivity contribution in [2.75, 3.05) is 5.32 Å². The highest BCUT2D eigenvalue weighted by atomic mass is 35.5. The van der Waals surface area contributed by atoms with Crippen molar-refractivity contribution in [3.8, 4) is 0 Å². The number of thiazole rings is 1. The zero-order chi connectivity index (χ0) is 14.9. The Bertz CT molecular complexity index is 657. The summed E-state index contributed by atoms with van der Waals surface area (Å²) >= 11 is 7.41. The molecule has 106 valence electrons. The molecule has 0 fully saturated rings. The number of rotatable bonds is 4. The monoisotopic (exact) mass is 311 g/mol. The Labute approximate surface area is 125 Å². The average Bonchev–Trinajstić information content (AvgIpc) is 2.70. The van der Waals surface area contributed by atoms with Crippen LogP contribution in [-0.4, -0.2) is 21.0 Å². The summed E-state index contributed by atoms with van der Waals surface area (Å²) in [4.78, 5) is 20.5. The number of carboxylic acids is 1. The van der Waals surface area contributed by atoms with Gasteiger partial charge in [0.25, 0.3) is 0 Å². The van der Waals surface area contributed by atoms with Gasteiger partial charge in [0.1, 0.15) is 5.82 Å². The van der Waals surface area contributed by atoms with Crippen LogP contribution in [0.5, 0.6) is 0 Å². The molecule has 0 bridgehead atoms. The van der Waals surface area contributed by atoms with Crippen molar-refractivity contribution in [3.63, 3.8) is 0 Å². The molecule has 20 heavy (non-hydrogen) atoms. The minimum atomic E-state index is -1.14. The van der Waals surface area contributed by atoms with Crippen molar-refractivity contribution in [3.05, 3.63) is 38.4 Å². The van der Waals surface area contributed by atoms with Crippen molar-refractivity contribution in [1.29, 1.82) is 0 Å². The Hall–Kier alpha value is -1.66. The van der Waals surface area contributed by atoms with Crippen LogP contribution in [0.3, 0.4) is 0 Å². The normalized spacial score (nSPS) is 12.2. The molecule has 2 rings (SSSR count). The Morgan fingerprint density at radius 3 is 2.65 bits per heavy atom. The van der Waals surface area contributed by atoms with Gasteiger partial charge in [0.05, 0.1) is 21.8 Å². The first kappa shape index (κ1) is 14.7. The van der Waals surface area contributed by atoms with Gasteiger partial charge in [0, 0.05) is 4.88 Å². The third kappa shape index (κ3) is 3.08. The number of anilines is 1. The molecule has 2 aromatic rings. The maximum atomic E-state index is 11.0. The SMILES string of the molecule is Cc1nc(C)c(C(C)Nc2ccc(Cl)c(C(=O)O)n2)s1. The van der Waals surface area contributed by atoms with Crippen LogP contribution < -0.4 is 5.32 Å². The van der Waals surface area contributed by atoms with Crippen LogP contribution in [0.15, 0.2) is 12.1 Å². The number of aromatic nitrogens is 2. The molecule has 0 aliphatic carbocycles. The Kier molecular flexibility index (Phi) is 4.25. The van der Waals surface area contributed by atoms with Gasteiger partial charge in [-0.1, -0.05) is 11.6 Å². The van der Waals surface area contributed by atoms with Crippen LogP contribution in [0, 0.1) is 13.8 Å². The lowest BCUT2D eigenvalue weighted by Crippen LogP contribution is -2.10. The Morgan fingerprint density at radius 2 is 2.10 bits per heavy atom. The largest absolute Gasteiger partial charge is 0.476 e. The van der Waals surface area contributed by atoms with Gasteiger partial charge in [-0.05, 0) is 32.9 Å². The zero-order valence-electron chi connectivity index (χ0n) is 11.3. The van der Waals surface area contributed by atoms with Crippen LogP contribution in [0.4, 0.5) is 5.82 Å². The van der Waals surface area contributed by atoms with E-state index in [-0.39, 0.29) is 16.8 Å². The molecular formula is C13H14ClN3O2S. The summed E-state index contributed by atoms with van der Waals surface area (Å²) in [7, 11) is 0. The van der Waals surface area contributed by atoms with Crippen molar-refractivity contribution in [2.45, 2.75) is 26.8 Å². The van der Waals surface area contributed by atoms with E-state index in [4.69, 9.17) is 16.7 Å². The van der Waals surface area contributed by atoms with Crippen molar-refractivity contribution < 1.29 is 9.90 Å². The molecule has 0 radical (unpaired) electrons. The van der Waals surface area contributed by atoms with E-state index in [1.807, 2.05) is 20.8 Å². The molecule has 2 aromatic heterocycles. The van der Waals surface area contributed by atoms with E-state index in [0.717, 1.165) is 15.6 Å². The summed E-state index contributed by atoms with van der Waals surface area (Å²) in [5.41, 5.74) is 0.820. The minimum Gasteiger partial charge on any atom is -0.476 e. The maximum absolute atomic E-state index is 11.0. The number of aryl methyl sites for hydroxylation is 2. The van der Waals surface area contributed by atoms with Gasteiger partial charge in [-0.15, -0.1) is 11.3 Å². The summed E-state index contributed by atoms with van der Waals surface area (Å²) in [6.45, 7) is 5.89. The number of nitrogens with zero attached hydrogens (tertiary/aromatic N) is 2. The molecule has 0 saturated carbocycles. The first-order chi connectivity index (χ1) is 9.38. The van der Waals surface area contributed by atoms with Crippen LogP contribution in [0.1, 0.15) is 39.0 Å². The summed E-state index contributed by atoms with van der Waals surface area (Å²) in [5.74, 6) is -0.666. The molecule has 0 aliphatic rings. The highest BCUT2D eigenvalue weighted by Gasteiger charge is 2.16. The Balaban J connectivity index is 2.24. The van der Waals surface area contributed by atoms with Gasteiger partial charge in [0.2, 0.25) is 0 Å². The number of carbonyl (C=O) groups is 1. The smallest absolute Gasteiger partial charge is 0.356 e. The molecule has 5 nitrogen and oxygen atoms in total. The number of hydrogen-bond acceptors (Lipinski definition) is 5. The third-order valence-corrected chi connectivity index (χ3v) is 4.31. The Morgan fingerprint density at radius 1 is 1.40 bits per heavy atom. The molecule has 0 aromatic carbocycles. The highest BCUT2D eigenvalue weighted by Crippen LogP contribution is 2.27. The van der Waals surface area contributed by atoms with Gasteiger partial charge in [-0.25, -0.2) is 14.8 Å². The van der Waals surface area contributed by atoms with Crippen LogP contribution in [0.25, 0.3) is 0 Å². The molecule has 1 unspecified atom stereocenters. The number of carboxylic acid groups (broad SMARTS) is 1. The predicted molar refractivity (Wildman–Crippen MR) is 79.8 cm³/mol. The van der Waals surface area contributed by atoms with Crippen LogP contribution in [0.2, 0.25) is 5.02 Å². The summed E-state index contributed by atoms with van der Waals surface area (Å²) in [6.07, 6.45) is 0. The van der Waals surface area contributed by atoms with Crippen LogP contribution in [-0.2, 0) is 0 Å². The fourth-order valence-electron chi connectivity index (χ4n) is 1.91. The highest BCUT2D eigenvalue weighted by molar-refractivity contribution is 7.11. The number of nitrogens with one attached hydrogen (secondary N) is 1. The second-order valence-corrected chi connectivity index (χ2v) is 6.02. The number of hydrogen-bond donors (Lipinski definition) is 2. The summed E-state index contributed by atoms with van der Waals surface area (Å²) in [6, 6.07) is 3.18. The quantitative estimate of drug-likeness (QED) is 0.901. The van der Waals surface area contributed by atoms with Crippen molar-refractivity contribution in [1.82, 2.24) is 9.97 Å².